The lowest BCUT2D eigenvalue weighted by molar-refractivity contribution is -0.116. The van der Waals surface area contributed by atoms with Crippen molar-refractivity contribution in [3.63, 3.8) is 0 Å². The number of hydrogen-bond acceptors (Lipinski definition) is 5. The molecule has 0 unspecified atom stereocenters. The maximum atomic E-state index is 11.5. The fourth-order valence-corrected chi connectivity index (χ4v) is 2.76. The minimum Gasteiger partial charge on any atom is -0.494 e. The van der Waals surface area contributed by atoms with Crippen molar-refractivity contribution in [3.8, 4) is 17.0 Å². The van der Waals surface area contributed by atoms with E-state index in [-0.39, 0.29) is 5.91 Å². The van der Waals surface area contributed by atoms with E-state index in [4.69, 9.17) is 10.5 Å². The van der Waals surface area contributed by atoms with Crippen LogP contribution in [0.15, 0.2) is 24.3 Å². The second-order valence-electron chi connectivity index (χ2n) is 4.47. The lowest BCUT2D eigenvalue weighted by Gasteiger charge is -2.04. The smallest absolute Gasteiger partial charge is 0.227 e. The minimum absolute atomic E-state index is 0.107. The van der Waals surface area contributed by atoms with Gasteiger partial charge in [-0.2, -0.15) is 0 Å². The largest absolute Gasteiger partial charge is 0.494 e. The van der Waals surface area contributed by atoms with Crippen LogP contribution < -0.4 is 15.8 Å². The second kappa shape index (κ2) is 7.19. The number of aryl methyl sites for hydroxylation is 1. The number of rotatable bonds is 6. The summed E-state index contributed by atoms with van der Waals surface area (Å²) < 4.78 is 5.43. The highest BCUT2D eigenvalue weighted by molar-refractivity contribution is 7.16. The Labute approximate surface area is 128 Å². The van der Waals surface area contributed by atoms with Crippen molar-refractivity contribution in [1.29, 1.82) is 0 Å². The van der Waals surface area contributed by atoms with Crippen LogP contribution in [0.2, 0.25) is 0 Å². The fraction of sp³-hybridized carbons (Fsp3) is 0.333. The van der Waals surface area contributed by atoms with Gasteiger partial charge in [-0.15, -0.1) is 11.3 Å². The zero-order valence-corrected chi connectivity index (χ0v) is 13.0. The van der Waals surface area contributed by atoms with Crippen LogP contribution in [0.1, 0.15) is 18.2 Å². The number of carbonyl (C=O) groups excluding carboxylic acids is 1. The molecule has 112 valence electrons. The van der Waals surface area contributed by atoms with Gasteiger partial charge < -0.3 is 15.8 Å². The predicted molar refractivity (Wildman–Crippen MR) is 85.8 cm³/mol. The molecule has 1 aromatic heterocycles. The Kier molecular flexibility index (Phi) is 5.30. The third-order valence-corrected chi connectivity index (χ3v) is 3.74. The average molecular weight is 305 g/mol. The number of anilines is 1. The monoisotopic (exact) mass is 305 g/mol. The summed E-state index contributed by atoms with van der Waals surface area (Å²) in [4.78, 5) is 17.1. The number of nitrogens with two attached hydrogens (primary N) is 1. The standard InChI is InChI=1S/C15H19N3O2S/c1-3-20-12-6-4-11(5-7-12)14-10(2)21-15(18-14)17-13(19)8-9-16/h4-7H,3,8-9,16H2,1-2H3,(H,17,18,19). The summed E-state index contributed by atoms with van der Waals surface area (Å²) in [6.45, 7) is 4.92. The number of nitrogens with zero attached hydrogens (tertiary/aromatic N) is 1. The Morgan fingerprint density at radius 1 is 1.38 bits per heavy atom. The highest BCUT2D eigenvalue weighted by Gasteiger charge is 2.11. The molecule has 0 aliphatic heterocycles. The summed E-state index contributed by atoms with van der Waals surface area (Å²) in [7, 11) is 0. The van der Waals surface area contributed by atoms with Gasteiger partial charge in [0.25, 0.3) is 0 Å². The number of nitrogens with one attached hydrogen (secondary N) is 1. The van der Waals surface area contributed by atoms with Crippen LogP contribution >= 0.6 is 11.3 Å². The number of thiazole rings is 1. The molecule has 1 amide bonds. The number of ether oxygens (including phenoxy) is 1. The third-order valence-electron chi connectivity index (χ3n) is 2.85. The normalized spacial score (nSPS) is 10.4. The SMILES string of the molecule is CCOc1ccc(-c2nc(NC(=O)CCN)sc2C)cc1. The molecule has 2 aromatic rings. The highest BCUT2D eigenvalue weighted by Crippen LogP contribution is 2.31. The van der Waals surface area contributed by atoms with Crippen molar-refractivity contribution in [3.05, 3.63) is 29.1 Å². The predicted octanol–water partition coefficient (Wildman–Crippen LogP) is 2.80. The van der Waals surface area contributed by atoms with Gasteiger partial charge in [-0.1, -0.05) is 0 Å². The van der Waals surface area contributed by atoms with Gasteiger partial charge in [0, 0.05) is 23.4 Å². The Bertz CT molecular complexity index is 608. The van der Waals surface area contributed by atoms with Crippen LogP contribution in [0.3, 0.4) is 0 Å². The fourth-order valence-electron chi connectivity index (χ4n) is 1.91. The van der Waals surface area contributed by atoms with Gasteiger partial charge in [0.15, 0.2) is 5.13 Å². The van der Waals surface area contributed by atoms with Crippen LogP contribution in [0.5, 0.6) is 5.75 Å². The number of carbonyl (C=O) groups is 1. The molecule has 0 bridgehead atoms. The molecule has 5 nitrogen and oxygen atoms in total. The molecule has 1 aromatic carbocycles. The molecule has 21 heavy (non-hydrogen) atoms. The summed E-state index contributed by atoms with van der Waals surface area (Å²) in [5.74, 6) is 0.732. The lowest BCUT2D eigenvalue weighted by atomic mass is 10.1. The van der Waals surface area contributed by atoms with E-state index in [9.17, 15) is 4.79 Å². The molecular formula is C15H19N3O2S. The van der Waals surface area contributed by atoms with Crippen LogP contribution in [-0.2, 0) is 4.79 Å². The van der Waals surface area contributed by atoms with Gasteiger partial charge in [0.1, 0.15) is 5.75 Å². The molecule has 2 rings (SSSR count). The van der Waals surface area contributed by atoms with Crippen molar-refractivity contribution < 1.29 is 9.53 Å². The summed E-state index contributed by atoms with van der Waals surface area (Å²) in [5.41, 5.74) is 7.25. The van der Waals surface area contributed by atoms with E-state index in [1.54, 1.807) is 0 Å². The Hall–Kier alpha value is -1.92. The maximum absolute atomic E-state index is 11.5. The molecule has 0 saturated heterocycles. The third kappa shape index (κ3) is 4.03. The molecule has 0 aliphatic carbocycles. The first-order chi connectivity index (χ1) is 10.1. The van der Waals surface area contributed by atoms with Crippen molar-refractivity contribution in [2.24, 2.45) is 5.73 Å². The summed E-state index contributed by atoms with van der Waals surface area (Å²) in [6.07, 6.45) is 0.303. The topological polar surface area (TPSA) is 77.2 Å². The molecular weight excluding hydrogens is 286 g/mol. The van der Waals surface area contributed by atoms with Crippen LogP contribution in [0.4, 0.5) is 5.13 Å². The first-order valence-corrected chi connectivity index (χ1v) is 7.66. The molecule has 0 saturated carbocycles. The quantitative estimate of drug-likeness (QED) is 0.860. The molecule has 3 N–H and O–H groups in total. The van der Waals surface area contributed by atoms with E-state index in [1.165, 1.54) is 11.3 Å². The first kappa shape index (κ1) is 15.5. The maximum Gasteiger partial charge on any atom is 0.227 e. The van der Waals surface area contributed by atoms with Gasteiger partial charge in [0.05, 0.1) is 12.3 Å². The second-order valence-corrected chi connectivity index (χ2v) is 5.67. The highest BCUT2D eigenvalue weighted by atomic mass is 32.1. The van der Waals surface area contributed by atoms with Gasteiger partial charge in [-0.25, -0.2) is 4.98 Å². The van der Waals surface area contributed by atoms with E-state index < -0.39 is 0 Å². The number of benzene rings is 1. The van der Waals surface area contributed by atoms with Crippen molar-refractivity contribution >= 4 is 22.4 Å². The molecule has 0 spiro atoms. The van der Waals surface area contributed by atoms with E-state index in [0.29, 0.717) is 24.7 Å². The van der Waals surface area contributed by atoms with E-state index in [1.807, 2.05) is 38.1 Å². The van der Waals surface area contributed by atoms with Crippen LogP contribution in [-0.4, -0.2) is 24.0 Å². The Morgan fingerprint density at radius 2 is 2.10 bits per heavy atom. The van der Waals surface area contributed by atoms with Crippen LogP contribution in [0.25, 0.3) is 11.3 Å². The lowest BCUT2D eigenvalue weighted by Crippen LogP contribution is -2.15. The van der Waals surface area contributed by atoms with Gasteiger partial charge in [-0.05, 0) is 38.1 Å². The summed E-state index contributed by atoms with van der Waals surface area (Å²) >= 11 is 1.46. The van der Waals surface area contributed by atoms with Crippen molar-refractivity contribution in [2.45, 2.75) is 20.3 Å². The van der Waals surface area contributed by atoms with Crippen LogP contribution in [0, 0.1) is 6.92 Å². The molecule has 0 atom stereocenters. The van der Waals surface area contributed by atoms with Gasteiger partial charge in [-0.3, -0.25) is 4.79 Å². The number of hydrogen-bond donors (Lipinski definition) is 2. The molecule has 6 heteroatoms. The Morgan fingerprint density at radius 3 is 2.71 bits per heavy atom. The first-order valence-electron chi connectivity index (χ1n) is 6.84. The average Bonchev–Trinajstić information content (AvgIpc) is 2.81. The summed E-state index contributed by atoms with van der Waals surface area (Å²) in [5, 5.41) is 3.38. The summed E-state index contributed by atoms with van der Waals surface area (Å²) in [6, 6.07) is 7.78. The van der Waals surface area contributed by atoms with Gasteiger partial charge >= 0.3 is 0 Å². The van der Waals surface area contributed by atoms with Gasteiger partial charge in [0.2, 0.25) is 5.91 Å². The molecule has 1 heterocycles. The van der Waals surface area contributed by atoms with E-state index in [2.05, 4.69) is 10.3 Å². The number of aromatic nitrogens is 1. The zero-order chi connectivity index (χ0) is 15.2. The molecule has 0 radical (unpaired) electrons. The van der Waals surface area contributed by atoms with E-state index >= 15 is 0 Å². The minimum atomic E-state index is -0.107. The number of amides is 1. The Balaban J connectivity index is 2.16. The zero-order valence-electron chi connectivity index (χ0n) is 12.2. The van der Waals surface area contributed by atoms with Crippen molar-refractivity contribution in [2.75, 3.05) is 18.5 Å². The molecule has 0 fully saturated rings. The van der Waals surface area contributed by atoms with E-state index in [0.717, 1.165) is 21.9 Å². The van der Waals surface area contributed by atoms with Crippen molar-refractivity contribution in [1.82, 2.24) is 4.98 Å². The molecule has 0 aliphatic rings.